The predicted molar refractivity (Wildman–Crippen MR) is 99.1 cm³/mol. The summed E-state index contributed by atoms with van der Waals surface area (Å²) in [6, 6.07) is 7.93. The molecule has 0 spiro atoms. The van der Waals surface area contributed by atoms with Gasteiger partial charge in [0.2, 0.25) is 0 Å². The molecule has 6 heteroatoms. The van der Waals surface area contributed by atoms with Crippen LogP contribution in [0.1, 0.15) is 23.8 Å². The zero-order valence-electron chi connectivity index (χ0n) is 14.4. The number of benzene rings is 1. The van der Waals surface area contributed by atoms with Crippen molar-refractivity contribution in [2.45, 2.75) is 13.3 Å². The van der Waals surface area contributed by atoms with Crippen molar-refractivity contribution in [2.24, 2.45) is 11.8 Å². The summed E-state index contributed by atoms with van der Waals surface area (Å²) in [6.07, 6.45) is 0.994. The number of thiazole rings is 1. The van der Waals surface area contributed by atoms with Crippen LogP contribution in [0.4, 0.5) is 0 Å². The van der Waals surface area contributed by atoms with Gasteiger partial charge < -0.3 is 15.0 Å². The molecule has 1 N–H and O–H groups in total. The van der Waals surface area contributed by atoms with Crippen molar-refractivity contribution in [3.05, 3.63) is 35.3 Å². The van der Waals surface area contributed by atoms with Crippen LogP contribution in [0.2, 0.25) is 0 Å². The second-order valence-corrected chi connectivity index (χ2v) is 7.66. The molecule has 2 atom stereocenters. The molecule has 2 saturated heterocycles. The summed E-state index contributed by atoms with van der Waals surface area (Å²) in [4.78, 5) is 19.3. The van der Waals surface area contributed by atoms with Gasteiger partial charge in [-0.3, -0.25) is 4.79 Å². The lowest BCUT2D eigenvalue weighted by atomic mass is 10.0. The number of ether oxygens (including phenoxy) is 1. The highest BCUT2D eigenvalue weighted by Gasteiger charge is 2.38. The minimum Gasteiger partial charge on any atom is -0.494 e. The number of amides is 1. The van der Waals surface area contributed by atoms with Crippen LogP contribution in [0.3, 0.4) is 0 Å². The Kier molecular flexibility index (Phi) is 4.72. The molecule has 0 unspecified atom stereocenters. The zero-order valence-corrected chi connectivity index (χ0v) is 15.2. The van der Waals surface area contributed by atoms with Crippen LogP contribution in [-0.4, -0.2) is 48.6 Å². The van der Waals surface area contributed by atoms with Gasteiger partial charge in [-0.1, -0.05) is 6.92 Å². The SMILES string of the molecule is CCCOc1ccc(-c2nc(C(=O)N3C[C@H]4CNC[C@H]4C3)cs2)cc1. The van der Waals surface area contributed by atoms with Gasteiger partial charge >= 0.3 is 0 Å². The Balaban J connectivity index is 1.44. The largest absolute Gasteiger partial charge is 0.494 e. The normalized spacial score (nSPS) is 22.2. The molecular weight excluding hydrogens is 334 g/mol. The highest BCUT2D eigenvalue weighted by molar-refractivity contribution is 7.13. The minimum atomic E-state index is 0.0693. The van der Waals surface area contributed by atoms with Gasteiger partial charge in [-0.15, -0.1) is 11.3 Å². The van der Waals surface area contributed by atoms with E-state index < -0.39 is 0 Å². The Labute approximate surface area is 152 Å². The molecule has 1 amide bonds. The van der Waals surface area contributed by atoms with E-state index in [0.717, 1.165) is 55.5 Å². The first-order chi connectivity index (χ1) is 12.2. The van der Waals surface area contributed by atoms with E-state index in [1.165, 1.54) is 11.3 Å². The number of carbonyl (C=O) groups is 1. The quantitative estimate of drug-likeness (QED) is 0.894. The summed E-state index contributed by atoms with van der Waals surface area (Å²) >= 11 is 1.52. The van der Waals surface area contributed by atoms with Crippen LogP contribution >= 0.6 is 11.3 Å². The molecule has 2 aliphatic heterocycles. The van der Waals surface area contributed by atoms with Gasteiger partial charge in [-0.25, -0.2) is 4.98 Å². The number of aromatic nitrogens is 1. The first kappa shape index (κ1) is 16.5. The van der Waals surface area contributed by atoms with Gasteiger partial charge in [0.15, 0.2) is 0 Å². The fourth-order valence-corrected chi connectivity index (χ4v) is 4.40. The molecule has 1 aromatic carbocycles. The fraction of sp³-hybridized carbons (Fsp3) is 0.474. The lowest BCUT2D eigenvalue weighted by Crippen LogP contribution is -2.32. The van der Waals surface area contributed by atoms with Crippen molar-refractivity contribution in [2.75, 3.05) is 32.8 Å². The maximum absolute atomic E-state index is 12.7. The molecule has 2 aliphatic rings. The van der Waals surface area contributed by atoms with Crippen molar-refractivity contribution in [3.8, 4) is 16.3 Å². The number of fused-ring (bicyclic) bond motifs is 1. The molecule has 132 valence electrons. The van der Waals surface area contributed by atoms with E-state index in [9.17, 15) is 4.79 Å². The van der Waals surface area contributed by atoms with Crippen molar-refractivity contribution >= 4 is 17.2 Å². The third kappa shape index (κ3) is 3.41. The van der Waals surface area contributed by atoms with Gasteiger partial charge in [0.25, 0.3) is 5.91 Å². The zero-order chi connectivity index (χ0) is 17.2. The van der Waals surface area contributed by atoms with E-state index in [1.807, 2.05) is 34.5 Å². The summed E-state index contributed by atoms with van der Waals surface area (Å²) in [6.45, 7) is 6.58. The summed E-state index contributed by atoms with van der Waals surface area (Å²) in [5.74, 6) is 2.16. The van der Waals surface area contributed by atoms with Gasteiger partial charge in [-0.05, 0) is 42.5 Å². The monoisotopic (exact) mass is 357 g/mol. The fourth-order valence-electron chi connectivity index (χ4n) is 3.60. The molecule has 5 nitrogen and oxygen atoms in total. The van der Waals surface area contributed by atoms with Gasteiger partial charge in [0.1, 0.15) is 16.5 Å². The predicted octanol–water partition coefficient (Wildman–Crippen LogP) is 2.89. The van der Waals surface area contributed by atoms with E-state index in [-0.39, 0.29) is 5.91 Å². The molecule has 2 aromatic rings. The van der Waals surface area contributed by atoms with Gasteiger partial charge in [0, 0.05) is 37.1 Å². The maximum Gasteiger partial charge on any atom is 0.273 e. The van der Waals surface area contributed by atoms with Gasteiger partial charge in [-0.2, -0.15) is 0 Å². The topological polar surface area (TPSA) is 54.5 Å². The summed E-state index contributed by atoms with van der Waals surface area (Å²) < 4.78 is 5.61. The molecular formula is C19H23N3O2S. The molecule has 25 heavy (non-hydrogen) atoms. The van der Waals surface area contributed by atoms with E-state index in [0.29, 0.717) is 17.5 Å². The van der Waals surface area contributed by atoms with E-state index in [4.69, 9.17) is 4.74 Å². The van der Waals surface area contributed by atoms with Crippen molar-refractivity contribution in [3.63, 3.8) is 0 Å². The molecule has 0 bridgehead atoms. The molecule has 0 aliphatic carbocycles. The van der Waals surface area contributed by atoms with Crippen LogP contribution in [0, 0.1) is 11.8 Å². The highest BCUT2D eigenvalue weighted by Crippen LogP contribution is 2.30. The van der Waals surface area contributed by atoms with Crippen molar-refractivity contribution < 1.29 is 9.53 Å². The standard InChI is InChI=1S/C19H23N3O2S/c1-2-7-24-16-5-3-13(4-6-16)18-21-17(12-25-18)19(23)22-10-14-8-20-9-15(14)11-22/h3-6,12,14-15,20H,2,7-11H2,1H3/t14-,15+. The van der Waals surface area contributed by atoms with Crippen LogP contribution in [0.25, 0.3) is 10.6 Å². The third-order valence-corrected chi connectivity index (χ3v) is 5.87. The van der Waals surface area contributed by atoms with Gasteiger partial charge in [0.05, 0.1) is 6.61 Å². The summed E-state index contributed by atoms with van der Waals surface area (Å²) in [5.41, 5.74) is 1.59. The van der Waals surface area contributed by atoms with Crippen LogP contribution in [0.5, 0.6) is 5.75 Å². The van der Waals surface area contributed by atoms with Crippen molar-refractivity contribution in [1.82, 2.24) is 15.2 Å². The van der Waals surface area contributed by atoms with Crippen molar-refractivity contribution in [1.29, 1.82) is 0 Å². The molecule has 0 saturated carbocycles. The number of carbonyl (C=O) groups excluding carboxylic acids is 1. The molecule has 3 heterocycles. The highest BCUT2D eigenvalue weighted by atomic mass is 32.1. The number of nitrogens with one attached hydrogen (secondary N) is 1. The lowest BCUT2D eigenvalue weighted by molar-refractivity contribution is 0.0777. The molecule has 1 aromatic heterocycles. The second kappa shape index (κ2) is 7.14. The molecule has 2 fully saturated rings. The average Bonchev–Trinajstić information content (AvgIpc) is 3.35. The Morgan fingerprint density at radius 1 is 1.28 bits per heavy atom. The van der Waals surface area contributed by atoms with Crippen LogP contribution in [-0.2, 0) is 0 Å². The lowest BCUT2D eigenvalue weighted by Gasteiger charge is -2.15. The summed E-state index contributed by atoms with van der Waals surface area (Å²) in [7, 11) is 0. The molecule has 4 rings (SSSR count). The number of hydrogen-bond donors (Lipinski definition) is 1. The van der Waals surface area contributed by atoms with Crippen LogP contribution < -0.4 is 10.1 Å². The van der Waals surface area contributed by atoms with E-state index in [1.54, 1.807) is 0 Å². The van der Waals surface area contributed by atoms with Crippen LogP contribution in [0.15, 0.2) is 29.6 Å². The smallest absolute Gasteiger partial charge is 0.273 e. The summed E-state index contributed by atoms with van der Waals surface area (Å²) in [5, 5.41) is 6.17. The number of nitrogens with zero attached hydrogens (tertiary/aromatic N) is 2. The molecule has 0 radical (unpaired) electrons. The first-order valence-corrected chi connectivity index (χ1v) is 9.81. The Hall–Kier alpha value is -1.92. The number of hydrogen-bond acceptors (Lipinski definition) is 5. The third-order valence-electron chi connectivity index (χ3n) is 4.97. The first-order valence-electron chi connectivity index (χ1n) is 8.93. The average molecular weight is 357 g/mol. The number of rotatable bonds is 5. The van der Waals surface area contributed by atoms with E-state index >= 15 is 0 Å². The Bertz CT molecular complexity index is 731. The maximum atomic E-state index is 12.7. The minimum absolute atomic E-state index is 0.0693. The Morgan fingerprint density at radius 3 is 2.68 bits per heavy atom. The second-order valence-electron chi connectivity index (χ2n) is 6.80. The number of likely N-dealkylation sites (tertiary alicyclic amines) is 1. The Morgan fingerprint density at radius 2 is 2.00 bits per heavy atom. The van der Waals surface area contributed by atoms with E-state index in [2.05, 4.69) is 17.2 Å².